The van der Waals surface area contributed by atoms with Crippen LogP contribution in [0.15, 0.2) is 35.7 Å². The van der Waals surface area contributed by atoms with Crippen LogP contribution in [-0.4, -0.2) is 47.5 Å². The first-order chi connectivity index (χ1) is 11.4. The lowest BCUT2D eigenvalue weighted by atomic mass is 10.0. The summed E-state index contributed by atoms with van der Waals surface area (Å²) < 4.78 is 25.9. The van der Waals surface area contributed by atoms with Crippen molar-refractivity contribution in [1.29, 1.82) is 0 Å². The van der Waals surface area contributed by atoms with Gasteiger partial charge in [-0.1, -0.05) is 0 Å². The molecule has 0 radical (unpaired) electrons. The van der Waals surface area contributed by atoms with Crippen LogP contribution < -0.4 is 4.90 Å². The van der Waals surface area contributed by atoms with E-state index in [1.807, 2.05) is 9.58 Å². The van der Waals surface area contributed by atoms with Crippen LogP contribution in [0, 0.1) is 10.1 Å². The summed E-state index contributed by atoms with van der Waals surface area (Å²) in [6, 6.07) is 4.22. The van der Waals surface area contributed by atoms with Crippen LogP contribution >= 0.6 is 0 Å². The van der Waals surface area contributed by atoms with Gasteiger partial charge in [0, 0.05) is 31.5 Å². The minimum absolute atomic E-state index is 0.00379. The number of benzene rings is 1. The summed E-state index contributed by atoms with van der Waals surface area (Å²) >= 11 is 0. The van der Waals surface area contributed by atoms with E-state index >= 15 is 0 Å². The molecule has 0 unspecified atom stereocenters. The van der Waals surface area contributed by atoms with Gasteiger partial charge in [-0.25, -0.2) is 18.1 Å². The Labute approximate surface area is 139 Å². The summed E-state index contributed by atoms with van der Waals surface area (Å²) in [4.78, 5) is 16.2. The normalized spacial score (nSPS) is 16.3. The molecule has 1 aromatic heterocycles. The van der Waals surface area contributed by atoms with Crippen molar-refractivity contribution < 1.29 is 13.3 Å². The van der Waals surface area contributed by atoms with Crippen molar-refractivity contribution in [2.45, 2.75) is 23.8 Å². The molecule has 1 aromatic carbocycles. The number of nitro groups is 1. The van der Waals surface area contributed by atoms with Crippen molar-refractivity contribution in [3.63, 3.8) is 0 Å². The standard InChI is InChI=1S/C14H17N5O4S/c1-24(22,23)14-8-12(19(20)21)2-3-13(14)17-6-4-11(5-7-17)18-10-15-9-16-18/h2-3,8-11H,4-7H2,1H3. The number of aromatic nitrogens is 3. The largest absolute Gasteiger partial charge is 0.370 e. The maximum Gasteiger partial charge on any atom is 0.270 e. The molecule has 0 bridgehead atoms. The van der Waals surface area contributed by atoms with E-state index in [1.54, 1.807) is 6.33 Å². The van der Waals surface area contributed by atoms with Crippen molar-refractivity contribution in [3.05, 3.63) is 41.0 Å². The van der Waals surface area contributed by atoms with E-state index in [4.69, 9.17) is 0 Å². The summed E-state index contributed by atoms with van der Waals surface area (Å²) in [5, 5.41) is 15.1. The summed E-state index contributed by atoms with van der Waals surface area (Å²) in [6.07, 6.45) is 5.82. The highest BCUT2D eigenvalue weighted by Gasteiger charge is 2.26. The van der Waals surface area contributed by atoms with Gasteiger partial charge in [-0.15, -0.1) is 0 Å². The van der Waals surface area contributed by atoms with Crippen LogP contribution in [-0.2, 0) is 9.84 Å². The number of piperidine rings is 1. The minimum Gasteiger partial charge on any atom is -0.370 e. The Morgan fingerprint density at radius 2 is 2.00 bits per heavy atom. The van der Waals surface area contributed by atoms with E-state index in [2.05, 4.69) is 10.1 Å². The summed E-state index contributed by atoms with van der Waals surface area (Å²) in [5.74, 6) is 0. The molecule has 24 heavy (non-hydrogen) atoms. The third-order valence-electron chi connectivity index (χ3n) is 4.17. The van der Waals surface area contributed by atoms with Gasteiger partial charge in [0.05, 0.1) is 21.5 Å². The number of nitro benzene ring substituents is 1. The Morgan fingerprint density at radius 3 is 2.54 bits per heavy atom. The second-order valence-corrected chi connectivity index (χ2v) is 7.76. The van der Waals surface area contributed by atoms with Gasteiger partial charge in [0.15, 0.2) is 9.84 Å². The zero-order valence-electron chi connectivity index (χ0n) is 13.1. The summed E-state index contributed by atoms with van der Waals surface area (Å²) in [7, 11) is -3.57. The minimum atomic E-state index is -3.57. The number of hydrogen-bond acceptors (Lipinski definition) is 7. The van der Waals surface area contributed by atoms with Crippen LogP contribution in [0.1, 0.15) is 18.9 Å². The molecule has 2 aromatic rings. The third kappa shape index (κ3) is 3.23. The average molecular weight is 351 g/mol. The molecule has 0 atom stereocenters. The van der Waals surface area contributed by atoms with Crippen molar-refractivity contribution in [2.75, 3.05) is 24.2 Å². The van der Waals surface area contributed by atoms with Gasteiger partial charge >= 0.3 is 0 Å². The Balaban J connectivity index is 1.86. The van der Waals surface area contributed by atoms with Gasteiger partial charge in [-0.05, 0) is 18.9 Å². The molecule has 0 spiro atoms. The van der Waals surface area contributed by atoms with Crippen LogP contribution in [0.2, 0.25) is 0 Å². The summed E-state index contributed by atoms with van der Waals surface area (Å²) in [5.41, 5.74) is 0.289. The molecular weight excluding hydrogens is 334 g/mol. The van der Waals surface area contributed by atoms with Gasteiger partial charge in [-0.3, -0.25) is 10.1 Å². The molecule has 3 rings (SSSR count). The average Bonchev–Trinajstić information content (AvgIpc) is 3.08. The SMILES string of the molecule is CS(=O)(=O)c1cc([N+](=O)[O-])ccc1N1CCC(n2cncn2)CC1. The Hall–Kier alpha value is -2.49. The smallest absolute Gasteiger partial charge is 0.270 e. The predicted octanol–water partition coefficient (Wildman–Crippen LogP) is 1.43. The molecule has 1 aliphatic rings. The van der Waals surface area contributed by atoms with E-state index in [-0.39, 0.29) is 16.6 Å². The molecule has 0 amide bonds. The first kappa shape index (κ1) is 16.4. The first-order valence-electron chi connectivity index (χ1n) is 7.44. The van der Waals surface area contributed by atoms with Crippen molar-refractivity contribution in [1.82, 2.24) is 14.8 Å². The number of sulfone groups is 1. The molecule has 1 aliphatic heterocycles. The highest BCUT2D eigenvalue weighted by molar-refractivity contribution is 7.90. The van der Waals surface area contributed by atoms with Gasteiger partial charge < -0.3 is 4.90 Å². The monoisotopic (exact) mass is 351 g/mol. The van der Waals surface area contributed by atoms with Gasteiger partial charge in [0.25, 0.3) is 5.69 Å². The zero-order valence-corrected chi connectivity index (χ0v) is 13.9. The fraction of sp³-hybridized carbons (Fsp3) is 0.429. The Kier molecular flexibility index (Phi) is 4.22. The van der Waals surface area contributed by atoms with Crippen LogP contribution in [0.25, 0.3) is 0 Å². The van der Waals surface area contributed by atoms with Crippen LogP contribution in [0.3, 0.4) is 0 Å². The number of non-ortho nitro benzene ring substituents is 1. The molecule has 9 nitrogen and oxygen atoms in total. The maximum absolute atomic E-state index is 12.1. The van der Waals surface area contributed by atoms with E-state index in [9.17, 15) is 18.5 Å². The molecular formula is C14H17N5O4S. The van der Waals surface area contributed by atoms with Gasteiger partial charge in [0.2, 0.25) is 0 Å². The highest BCUT2D eigenvalue weighted by atomic mass is 32.2. The van der Waals surface area contributed by atoms with E-state index in [0.717, 1.165) is 25.2 Å². The number of nitrogens with zero attached hydrogens (tertiary/aromatic N) is 5. The lowest BCUT2D eigenvalue weighted by Crippen LogP contribution is -2.35. The molecule has 0 aliphatic carbocycles. The first-order valence-corrected chi connectivity index (χ1v) is 9.33. The fourth-order valence-corrected chi connectivity index (χ4v) is 3.86. The zero-order chi connectivity index (χ0) is 17.3. The van der Waals surface area contributed by atoms with E-state index < -0.39 is 14.8 Å². The molecule has 1 fully saturated rings. The van der Waals surface area contributed by atoms with Crippen molar-refractivity contribution >= 4 is 21.2 Å². The summed E-state index contributed by atoms with van der Waals surface area (Å²) in [6.45, 7) is 1.29. The Morgan fingerprint density at radius 1 is 1.29 bits per heavy atom. The third-order valence-corrected chi connectivity index (χ3v) is 5.30. The van der Waals surface area contributed by atoms with Crippen molar-refractivity contribution in [2.24, 2.45) is 0 Å². The topological polar surface area (TPSA) is 111 Å². The molecule has 2 heterocycles. The lowest BCUT2D eigenvalue weighted by molar-refractivity contribution is -0.385. The van der Waals surface area contributed by atoms with Crippen LogP contribution in [0.5, 0.6) is 0 Å². The number of anilines is 1. The molecule has 10 heteroatoms. The Bertz CT molecular complexity index is 842. The van der Waals surface area contributed by atoms with E-state index in [1.165, 1.54) is 18.5 Å². The second kappa shape index (κ2) is 6.19. The molecule has 128 valence electrons. The predicted molar refractivity (Wildman–Crippen MR) is 86.7 cm³/mol. The fourth-order valence-electron chi connectivity index (χ4n) is 2.95. The van der Waals surface area contributed by atoms with Crippen LogP contribution in [0.4, 0.5) is 11.4 Å². The maximum atomic E-state index is 12.1. The second-order valence-electron chi connectivity index (χ2n) is 5.78. The number of rotatable bonds is 4. The molecule has 0 N–H and O–H groups in total. The highest BCUT2D eigenvalue weighted by Crippen LogP contribution is 2.33. The number of hydrogen-bond donors (Lipinski definition) is 0. The molecule has 0 saturated carbocycles. The molecule has 1 saturated heterocycles. The van der Waals surface area contributed by atoms with Crippen molar-refractivity contribution in [3.8, 4) is 0 Å². The van der Waals surface area contributed by atoms with E-state index in [0.29, 0.717) is 18.8 Å². The van der Waals surface area contributed by atoms with Gasteiger partial charge in [0.1, 0.15) is 12.7 Å². The lowest BCUT2D eigenvalue weighted by Gasteiger charge is -2.34. The quantitative estimate of drug-likeness (QED) is 0.605. The van der Waals surface area contributed by atoms with Gasteiger partial charge in [-0.2, -0.15) is 5.10 Å².